The lowest BCUT2D eigenvalue weighted by Crippen LogP contribution is -2.22. The number of aryl methyl sites for hydroxylation is 1. The smallest absolute Gasteiger partial charge is 0.161 e. The fraction of sp³-hybridized carbons (Fsp3) is 0.647. The molecule has 1 aromatic carbocycles. The zero-order chi connectivity index (χ0) is 15.3. The Morgan fingerprint density at radius 3 is 2.57 bits per heavy atom. The van der Waals surface area contributed by atoms with Gasteiger partial charge in [-0.2, -0.15) is 0 Å². The SMILES string of the molecule is CCOCCCCNCCOc1ccc(CC)cc1OC. The molecule has 0 aromatic heterocycles. The van der Waals surface area contributed by atoms with Crippen molar-refractivity contribution in [2.24, 2.45) is 0 Å². The topological polar surface area (TPSA) is 39.7 Å². The number of benzene rings is 1. The van der Waals surface area contributed by atoms with E-state index in [4.69, 9.17) is 14.2 Å². The molecule has 0 saturated heterocycles. The summed E-state index contributed by atoms with van der Waals surface area (Å²) in [7, 11) is 1.68. The first-order valence-corrected chi connectivity index (χ1v) is 7.90. The van der Waals surface area contributed by atoms with Crippen LogP contribution in [0.25, 0.3) is 0 Å². The number of rotatable bonds is 12. The Kier molecular flexibility index (Phi) is 9.66. The number of unbranched alkanes of at least 4 members (excludes halogenated alkanes) is 1. The summed E-state index contributed by atoms with van der Waals surface area (Å²) in [5.74, 6) is 1.62. The Morgan fingerprint density at radius 1 is 1.00 bits per heavy atom. The molecule has 4 nitrogen and oxygen atoms in total. The van der Waals surface area contributed by atoms with E-state index in [0.717, 1.165) is 57.1 Å². The van der Waals surface area contributed by atoms with E-state index in [-0.39, 0.29) is 0 Å². The van der Waals surface area contributed by atoms with E-state index in [2.05, 4.69) is 18.3 Å². The first-order valence-electron chi connectivity index (χ1n) is 7.90. The van der Waals surface area contributed by atoms with Crippen LogP contribution in [0.2, 0.25) is 0 Å². The third-order valence-corrected chi connectivity index (χ3v) is 3.27. The van der Waals surface area contributed by atoms with Crippen LogP contribution in [0.15, 0.2) is 18.2 Å². The Balaban J connectivity index is 2.15. The molecule has 0 fully saturated rings. The van der Waals surface area contributed by atoms with Crippen molar-refractivity contribution in [3.05, 3.63) is 23.8 Å². The number of hydrogen-bond donors (Lipinski definition) is 1. The van der Waals surface area contributed by atoms with Gasteiger partial charge >= 0.3 is 0 Å². The quantitative estimate of drug-likeness (QED) is 0.602. The minimum Gasteiger partial charge on any atom is -0.493 e. The minimum atomic E-state index is 0.646. The zero-order valence-corrected chi connectivity index (χ0v) is 13.6. The molecule has 0 bridgehead atoms. The standard InChI is InChI=1S/C17H29NO3/c1-4-15-8-9-16(17(14-15)19-3)21-13-11-18-10-6-7-12-20-5-2/h8-9,14,18H,4-7,10-13H2,1-3H3. The average Bonchev–Trinajstić information content (AvgIpc) is 2.53. The molecule has 1 N–H and O–H groups in total. The molecule has 0 atom stereocenters. The Bertz CT molecular complexity index is 382. The Hall–Kier alpha value is -1.26. The van der Waals surface area contributed by atoms with Gasteiger partial charge in [-0.05, 0) is 50.4 Å². The first kappa shape index (κ1) is 17.8. The molecule has 0 saturated carbocycles. The molecule has 1 rings (SSSR count). The lowest BCUT2D eigenvalue weighted by atomic mass is 10.1. The summed E-state index contributed by atoms with van der Waals surface area (Å²) in [5.41, 5.74) is 1.26. The second-order valence-electron chi connectivity index (χ2n) is 4.84. The number of nitrogens with one attached hydrogen (secondary N) is 1. The van der Waals surface area contributed by atoms with Crippen LogP contribution in [0.3, 0.4) is 0 Å². The molecule has 0 aliphatic carbocycles. The van der Waals surface area contributed by atoms with Gasteiger partial charge in [0.15, 0.2) is 11.5 Å². The van der Waals surface area contributed by atoms with Crippen molar-refractivity contribution in [1.29, 1.82) is 0 Å². The number of hydrogen-bond acceptors (Lipinski definition) is 4. The lowest BCUT2D eigenvalue weighted by Gasteiger charge is -2.12. The van der Waals surface area contributed by atoms with E-state index in [1.54, 1.807) is 7.11 Å². The molecule has 1 aromatic rings. The third-order valence-electron chi connectivity index (χ3n) is 3.27. The second kappa shape index (κ2) is 11.4. The lowest BCUT2D eigenvalue weighted by molar-refractivity contribution is 0.143. The highest BCUT2D eigenvalue weighted by Gasteiger charge is 2.04. The maximum atomic E-state index is 5.76. The predicted molar refractivity (Wildman–Crippen MR) is 86.5 cm³/mol. The summed E-state index contributed by atoms with van der Waals surface area (Å²) in [6.07, 6.45) is 3.24. The van der Waals surface area contributed by atoms with Crippen LogP contribution in [0.4, 0.5) is 0 Å². The fourth-order valence-corrected chi connectivity index (χ4v) is 2.01. The molecule has 0 amide bonds. The van der Waals surface area contributed by atoms with Gasteiger partial charge in [-0.15, -0.1) is 0 Å². The van der Waals surface area contributed by atoms with Crippen LogP contribution >= 0.6 is 0 Å². The number of methoxy groups -OCH3 is 1. The highest BCUT2D eigenvalue weighted by atomic mass is 16.5. The molecule has 0 spiro atoms. The van der Waals surface area contributed by atoms with Gasteiger partial charge in [0.2, 0.25) is 0 Å². The van der Waals surface area contributed by atoms with Crippen molar-refractivity contribution in [2.45, 2.75) is 33.1 Å². The molecular formula is C17H29NO3. The molecule has 0 heterocycles. The van der Waals surface area contributed by atoms with Crippen LogP contribution in [-0.4, -0.2) is 40.0 Å². The third kappa shape index (κ3) is 7.34. The van der Waals surface area contributed by atoms with E-state index in [1.807, 2.05) is 19.1 Å². The van der Waals surface area contributed by atoms with Gasteiger partial charge in [0.25, 0.3) is 0 Å². The van der Waals surface area contributed by atoms with Gasteiger partial charge in [-0.1, -0.05) is 13.0 Å². The molecule has 0 radical (unpaired) electrons. The molecule has 4 heteroatoms. The molecule has 120 valence electrons. The normalized spacial score (nSPS) is 10.6. The fourth-order valence-electron chi connectivity index (χ4n) is 2.01. The largest absolute Gasteiger partial charge is 0.493 e. The average molecular weight is 295 g/mol. The maximum absolute atomic E-state index is 5.76. The van der Waals surface area contributed by atoms with Gasteiger partial charge in [-0.3, -0.25) is 0 Å². The van der Waals surface area contributed by atoms with Gasteiger partial charge in [0.1, 0.15) is 6.61 Å². The summed E-state index contributed by atoms with van der Waals surface area (Å²) >= 11 is 0. The summed E-state index contributed by atoms with van der Waals surface area (Å²) in [6.45, 7) is 8.31. The highest BCUT2D eigenvalue weighted by molar-refractivity contribution is 5.42. The van der Waals surface area contributed by atoms with Crippen LogP contribution in [0.5, 0.6) is 11.5 Å². The van der Waals surface area contributed by atoms with Crippen molar-refractivity contribution < 1.29 is 14.2 Å². The summed E-state index contributed by atoms with van der Waals surface area (Å²) in [5, 5.41) is 3.37. The molecule has 21 heavy (non-hydrogen) atoms. The minimum absolute atomic E-state index is 0.646. The monoisotopic (exact) mass is 295 g/mol. The van der Waals surface area contributed by atoms with E-state index in [0.29, 0.717) is 6.61 Å². The van der Waals surface area contributed by atoms with Gasteiger partial charge in [0.05, 0.1) is 7.11 Å². The van der Waals surface area contributed by atoms with Gasteiger partial charge in [-0.25, -0.2) is 0 Å². The summed E-state index contributed by atoms with van der Waals surface area (Å²) in [6, 6.07) is 6.11. The van der Waals surface area contributed by atoms with Crippen molar-refractivity contribution in [1.82, 2.24) is 5.32 Å². The van der Waals surface area contributed by atoms with E-state index in [1.165, 1.54) is 5.56 Å². The Labute approximate surface area is 128 Å². The van der Waals surface area contributed by atoms with Crippen molar-refractivity contribution in [3.63, 3.8) is 0 Å². The van der Waals surface area contributed by atoms with Crippen molar-refractivity contribution in [3.8, 4) is 11.5 Å². The van der Waals surface area contributed by atoms with Gasteiger partial charge in [0, 0.05) is 19.8 Å². The van der Waals surface area contributed by atoms with E-state index in [9.17, 15) is 0 Å². The van der Waals surface area contributed by atoms with E-state index >= 15 is 0 Å². The van der Waals surface area contributed by atoms with Crippen LogP contribution < -0.4 is 14.8 Å². The van der Waals surface area contributed by atoms with Crippen LogP contribution in [-0.2, 0) is 11.2 Å². The molecule has 0 unspecified atom stereocenters. The second-order valence-corrected chi connectivity index (χ2v) is 4.84. The first-order chi connectivity index (χ1) is 10.3. The summed E-state index contributed by atoms with van der Waals surface area (Å²) in [4.78, 5) is 0. The predicted octanol–water partition coefficient (Wildman–Crippen LogP) is 3.04. The molecular weight excluding hydrogens is 266 g/mol. The van der Waals surface area contributed by atoms with E-state index < -0.39 is 0 Å². The maximum Gasteiger partial charge on any atom is 0.161 e. The number of ether oxygens (including phenoxy) is 3. The van der Waals surface area contributed by atoms with Crippen LogP contribution in [0, 0.1) is 0 Å². The zero-order valence-electron chi connectivity index (χ0n) is 13.6. The molecule has 0 aliphatic rings. The van der Waals surface area contributed by atoms with Crippen LogP contribution in [0.1, 0.15) is 32.3 Å². The van der Waals surface area contributed by atoms with Crippen molar-refractivity contribution >= 4 is 0 Å². The summed E-state index contributed by atoms with van der Waals surface area (Å²) < 4.78 is 16.4. The highest BCUT2D eigenvalue weighted by Crippen LogP contribution is 2.28. The molecule has 0 aliphatic heterocycles. The Morgan fingerprint density at radius 2 is 1.86 bits per heavy atom. The van der Waals surface area contributed by atoms with Gasteiger partial charge < -0.3 is 19.5 Å². The van der Waals surface area contributed by atoms with Crippen molar-refractivity contribution in [2.75, 3.05) is 40.0 Å².